The standard InChI is InChI=1S/C20H17N7S/c1-13-10-15(26(2)3)8-9-16(13)24-25-19-14(11-21)12-22-27(19)20-23-17-6-4-5-7-18(17)28-20/h4-10,12H,1-3H3/b25-24+. The molecule has 2 heterocycles. The molecule has 0 saturated carbocycles. The molecule has 0 saturated heterocycles. The van der Waals surface area contributed by atoms with Crippen LogP contribution in [0, 0.1) is 18.3 Å². The molecule has 0 amide bonds. The zero-order chi connectivity index (χ0) is 19.7. The Balaban J connectivity index is 1.75. The summed E-state index contributed by atoms with van der Waals surface area (Å²) in [6.45, 7) is 1.98. The molecule has 4 rings (SSSR count). The Morgan fingerprint density at radius 3 is 2.68 bits per heavy atom. The number of nitrogens with zero attached hydrogens (tertiary/aromatic N) is 7. The van der Waals surface area contributed by atoms with E-state index in [0.29, 0.717) is 16.5 Å². The van der Waals surface area contributed by atoms with Gasteiger partial charge in [0.25, 0.3) is 0 Å². The van der Waals surface area contributed by atoms with E-state index >= 15 is 0 Å². The highest BCUT2D eigenvalue weighted by Crippen LogP contribution is 2.31. The molecule has 7 nitrogen and oxygen atoms in total. The molecule has 4 aromatic rings. The number of hydrogen-bond donors (Lipinski definition) is 0. The maximum Gasteiger partial charge on any atom is 0.213 e. The first-order valence-electron chi connectivity index (χ1n) is 8.60. The second-order valence-corrected chi connectivity index (χ2v) is 7.44. The summed E-state index contributed by atoms with van der Waals surface area (Å²) >= 11 is 1.49. The van der Waals surface area contributed by atoms with Crippen LogP contribution in [0.4, 0.5) is 17.2 Å². The Bertz CT molecular complexity index is 1190. The average molecular weight is 387 g/mol. The van der Waals surface area contributed by atoms with Crippen LogP contribution in [0.5, 0.6) is 0 Å². The fourth-order valence-electron chi connectivity index (χ4n) is 2.74. The minimum Gasteiger partial charge on any atom is -0.378 e. The molecular weight excluding hydrogens is 370 g/mol. The van der Waals surface area contributed by atoms with Crippen LogP contribution < -0.4 is 4.90 Å². The van der Waals surface area contributed by atoms with E-state index in [0.717, 1.165) is 27.2 Å². The van der Waals surface area contributed by atoms with Gasteiger partial charge in [0, 0.05) is 19.8 Å². The summed E-state index contributed by atoms with van der Waals surface area (Å²) in [4.78, 5) is 6.63. The summed E-state index contributed by atoms with van der Waals surface area (Å²) in [5.41, 5.74) is 4.07. The van der Waals surface area contributed by atoms with Gasteiger partial charge < -0.3 is 4.90 Å². The van der Waals surface area contributed by atoms with Gasteiger partial charge in [-0.05, 0) is 42.8 Å². The third-order valence-corrected chi connectivity index (χ3v) is 5.29. The summed E-state index contributed by atoms with van der Waals surface area (Å²) in [7, 11) is 3.98. The smallest absolute Gasteiger partial charge is 0.213 e. The molecule has 0 spiro atoms. The number of azo groups is 1. The second kappa shape index (κ2) is 7.21. The Kier molecular flexibility index (Phi) is 4.59. The normalized spacial score (nSPS) is 11.2. The molecule has 0 fully saturated rings. The number of rotatable bonds is 4. The summed E-state index contributed by atoms with van der Waals surface area (Å²) < 4.78 is 2.61. The molecule has 2 aromatic carbocycles. The highest BCUT2D eigenvalue weighted by molar-refractivity contribution is 7.20. The monoisotopic (exact) mass is 387 g/mol. The van der Waals surface area contributed by atoms with Gasteiger partial charge in [-0.25, -0.2) is 4.98 Å². The number of aryl methyl sites for hydroxylation is 1. The van der Waals surface area contributed by atoms with Gasteiger partial charge in [0.2, 0.25) is 5.13 Å². The van der Waals surface area contributed by atoms with Crippen molar-refractivity contribution in [1.29, 1.82) is 5.26 Å². The van der Waals surface area contributed by atoms with Gasteiger partial charge >= 0.3 is 0 Å². The molecule has 0 N–H and O–H groups in total. The van der Waals surface area contributed by atoms with Crippen LogP contribution in [0.2, 0.25) is 0 Å². The van der Waals surface area contributed by atoms with Crippen molar-refractivity contribution < 1.29 is 0 Å². The maximum absolute atomic E-state index is 9.44. The van der Waals surface area contributed by atoms with E-state index in [4.69, 9.17) is 0 Å². The number of aromatic nitrogens is 3. The Morgan fingerprint density at radius 1 is 1.14 bits per heavy atom. The minimum absolute atomic E-state index is 0.352. The molecule has 0 radical (unpaired) electrons. The number of hydrogen-bond acceptors (Lipinski definition) is 7. The highest BCUT2D eigenvalue weighted by Gasteiger charge is 2.15. The third-order valence-electron chi connectivity index (χ3n) is 4.28. The van der Waals surface area contributed by atoms with E-state index in [9.17, 15) is 5.26 Å². The Labute approximate surface area is 166 Å². The first-order chi connectivity index (χ1) is 13.6. The van der Waals surface area contributed by atoms with Crippen molar-refractivity contribution in [2.45, 2.75) is 6.92 Å². The SMILES string of the molecule is Cc1cc(N(C)C)ccc1/N=N/c1c(C#N)cnn1-c1nc2ccccc2s1. The zero-order valence-corrected chi connectivity index (χ0v) is 16.5. The predicted octanol–water partition coefficient (Wildman–Crippen LogP) is 5.14. The van der Waals surface area contributed by atoms with E-state index in [1.54, 1.807) is 4.68 Å². The van der Waals surface area contributed by atoms with Crippen molar-refractivity contribution in [1.82, 2.24) is 14.8 Å². The van der Waals surface area contributed by atoms with E-state index in [-0.39, 0.29) is 0 Å². The van der Waals surface area contributed by atoms with Gasteiger partial charge in [-0.3, -0.25) is 0 Å². The number of fused-ring (bicyclic) bond motifs is 1. The quantitative estimate of drug-likeness (QED) is 0.454. The zero-order valence-electron chi connectivity index (χ0n) is 15.7. The minimum atomic E-state index is 0.352. The Morgan fingerprint density at radius 2 is 1.96 bits per heavy atom. The van der Waals surface area contributed by atoms with Crippen molar-refractivity contribution in [3.63, 3.8) is 0 Å². The van der Waals surface area contributed by atoms with Crippen molar-refractivity contribution in [3.8, 4) is 11.2 Å². The van der Waals surface area contributed by atoms with Crippen LogP contribution in [-0.4, -0.2) is 28.9 Å². The van der Waals surface area contributed by atoms with Gasteiger partial charge in [0.05, 0.1) is 22.1 Å². The van der Waals surface area contributed by atoms with Crippen molar-refractivity contribution in [2.24, 2.45) is 10.2 Å². The molecule has 0 atom stereocenters. The molecular formula is C20H17N7S. The molecule has 0 bridgehead atoms. The van der Waals surface area contributed by atoms with Gasteiger partial charge in [0.1, 0.15) is 11.6 Å². The van der Waals surface area contributed by atoms with Crippen LogP contribution in [0.25, 0.3) is 15.3 Å². The number of para-hydroxylation sites is 1. The number of benzene rings is 2. The lowest BCUT2D eigenvalue weighted by atomic mass is 10.2. The maximum atomic E-state index is 9.44. The van der Waals surface area contributed by atoms with Gasteiger partial charge in [-0.1, -0.05) is 23.5 Å². The lowest BCUT2D eigenvalue weighted by Crippen LogP contribution is -2.08. The van der Waals surface area contributed by atoms with Crippen molar-refractivity contribution in [3.05, 3.63) is 59.8 Å². The largest absolute Gasteiger partial charge is 0.378 e. The lowest BCUT2D eigenvalue weighted by molar-refractivity contribution is 0.863. The average Bonchev–Trinajstić information content (AvgIpc) is 3.30. The van der Waals surface area contributed by atoms with E-state index in [2.05, 4.69) is 26.4 Å². The van der Waals surface area contributed by atoms with E-state index < -0.39 is 0 Å². The van der Waals surface area contributed by atoms with Crippen molar-refractivity contribution in [2.75, 3.05) is 19.0 Å². The topological polar surface area (TPSA) is 82.5 Å². The summed E-state index contributed by atoms with van der Waals surface area (Å²) in [5, 5.41) is 23.1. The van der Waals surface area contributed by atoms with Crippen LogP contribution >= 0.6 is 11.3 Å². The summed E-state index contributed by atoms with van der Waals surface area (Å²) in [6.07, 6.45) is 1.49. The van der Waals surface area contributed by atoms with Gasteiger partial charge in [-0.2, -0.15) is 15.0 Å². The summed E-state index contributed by atoms with van der Waals surface area (Å²) in [6, 6.07) is 15.9. The first kappa shape index (κ1) is 17.8. The molecule has 2 aromatic heterocycles. The van der Waals surface area contributed by atoms with E-state index in [1.165, 1.54) is 17.5 Å². The fraction of sp³-hybridized carbons (Fsp3) is 0.150. The molecule has 0 aliphatic rings. The molecule has 0 aliphatic heterocycles. The molecule has 138 valence electrons. The van der Waals surface area contributed by atoms with Gasteiger partial charge in [-0.15, -0.1) is 10.2 Å². The first-order valence-corrected chi connectivity index (χ1v) is 9.42. The summed E-state index contributed by atoms with van der Waals surface area (Å²) in [5.74, 6) is 0.373. The van der Waals surface area contributed by atoms with Crippen LogP contribution in [0.1, 0.15) is 11.1 Å². The highest BCUT2D eigenvalue weighted by atomic mass is 32.1. The van der Waals surface area contributed by atoms with Gasteiger partial charge in [0.15, 0.2) is 5.82 Å². The lowest BCUT2D eigenvalue weighted by Gasteiger charge is -2.13. The number of thiazole rings is 1. The van der Waals surface area contributed by atoms with Crippen LogP contribution in [0.15, 0.2) is 58.9 Å². The third kappa shape index (κ3) is 3.23. The molecule has 28 heavy (non-hydrogen) atoms. The molecule has 8 heteroatoms. The number of anilines is 1. The fourth-order valence-corrected chi connectivity index (χ4v) is 3.66. The van der Waals surface area contributed by atoms with Crippen LogP contribution in [-0.2, 0) is 0 Å². The number of nitriles is 1. The molecule has 0 unspecified atom stereocenters. The molecule has 0 aliphatic carbocycles. The van der Waals surface area contributed by atoms with E-state index in [1.807, 2.05) is 68.4 Å². The van der Waals surface area contributed by atoms with Crippen molar-refractivity contribution >= 4 is 38.7 Å². The second-order valence-electron chi connectivity index (χ2n) is 6.43. The Hall–Kier alpha value is -3.57. The predicted molar refractivity (Wildman–Crippen MR) is 111 cm³/mol. The van der Waals surface area contributed by atoms with Crippen LogP contribution in [0.3, 0.4) is 0 Å².